The van der Waals surface area contributed by atoms with Crippen LogP contribution >= 0.6 is 0 Å². The van der Waals surface area contributed by atoms with Crippen LogP contribution in [0.1, 0.15) is 44.3 Å². The number of carbonyl (C=O) groups excluding carboxylic acids is 2. The first kappa shape index (κ1) is 21.3. The van der Waals surface area contributed by atoms with Crippen LogP contribution in [0.15, 0.2) is 48.7 Å². The molecular formula is C24H23N3O5. The van der Waals surface area contributed by atoms with E-state index in [1.807, 2.05) is 30.3 Å². The molecule has 0 radical (unpaired) electrons. The molecule has 0 aliphatic heterocycles. The van der Waals surface area contributed by atoms with Crippen LogP contribution in [-0.4, -0.2) is 43.0 Å². The number of fused-ring (bicyclic) bond motifs is 1. The van der Waals surface area contributed by atoms with E-state index in [9.17, 15) is 9.59 Å². The second-order valence-corrected chi connectivity index (χ2v) is 7.36. The average Bonchev–Trinajstić information content (AvgIpc) is 2.83. The van der Waals surface area contributed by atoms with Gasteiger partial charge in [-0.1, -0.05) is 30.3 Å². The predicted molar refractivity (Wildman–Crippen MR) is 118 cm³/mol. The largest absolute Gasteiger partial charge is 0.493 e. The lowest BCUT2D eigenvalue weighted by Gasteiger charge is -2.23. The molecule has 0 saturated carbocycles. The number of Topliss-reactive ketones (excluding diaryl/α,β-unsaturated/α-hetero) is 1. The molecule has 0 spiro atoms. The van der Waals surface area contributed by atoms with Crippen molar-refractivity contribution >= 4 is 17.6 Å². The van der Waals surface area contributed by atoms with Crippen LogP contribution in [0.25, 0.3) is 0 Å². The molecule has 32 heavy (non-hydrogen) atoms. The molecule has 0 bridgehead atoms. The highest BCUT2D eigenvalue weighted by Gasteiger charge is 2.28. The second-order valence-electron chi connectivity index (χ2n) is 7.36. The molecule has 1 heterocycles. The van der Waals surface area contributed by atoms with Crippen LogP contribution < -0.4 is 19.5 Å². The third kappa shape index (κ3) is 4.12. The maximum Gasteiger partial charge on any atom is 0.258 e. The summed E-state index contributed by atoms with van der Waals surface area (Å²) in [6.07, 6.45) is 2.49. The Labute approximate surface area is 185 Å². The molecule has 4 rings (SSSR count). The number of carbonyl (C=O) groups is 2. The topological polar surface area (TPSA) is 99.6 Å². The maximum absolute atomic E-state index is 12.9. The second kappa shape index (κ2) is 9.05. The van der Waals surface area contributed by atoms with Gasteiger partial charge in [-0.3, -0.25) is 14.9 Å². The van der Waals surface area contributed by atoms with Gasteiger partial charge in [0.1, 0.15) is 0 Å². The van der Waals surface area contributed by atoms with E-state index in [1.54, 1.807) is 12.1 Å². The number of rotatable bonds is 6. The van der Waals surface area contributed by atoms with Gasteiger partial charge >= 0.3 is 0 Å². The Bertz CT molecular complexity index is 1140. The van der Waals surface area contributed by atoms with Crippen LogP contribution in [0, 0.1) is 0 Å². The highest BCUT2D eigenvalue weighted by Crippen LogP contribution is 2.38. The van der Waals surface area contributed by atoms with Crippen molar-refractivity contribution in [2.75, 3.05) is 26.6 Å². The molecule has 1 aliphatic carbocycles. The molecule has 1 N–H and O–H groups in total. The Morgan fingerprint density at radius 1 is 1.00 bits per heavy atom. The molecule has 0 saturated heterocycles. The van der Waals surface area contributed by atoms with Crippen LogP contribution in [0.3, 0.4) is 0 Å². The van der Waals surface area contributed by atoms with Gasteiger partial charge in [0.15, 0.2) is 17.3 Å². The van der Waals surface area contributed by atoms with Crippen molar-refractivity contribution in [2.45, 2.75) is 18.8 Å². The van der Waals surface area contributed by atoms with Crippen molar-refractivity contribution in [3.05, 3.63) is 71.0 Å². The van der Waals surface area contributed by atoms with E-state index in [0.29, 0.717) is 46.9 Å². The summed E-state index contributed by atoms with van der Waals surface area (Å²) in [5.41, 5.74) is 2.51. The number of ketones is 1. The number of nitrogens with zero attached hydrogens (tertiary/aromatic N) is 2. The number of nitrogens with one attached hydrogen (secondary N) is 1. The van der Waals surface area contributed by atoms with E-state index < -0.39 is 5.91 Å². The zero-order chi connectivity index (χ0) is 22.7. The highest BCUT2D eigenvalue weighted by atomic mass is 16.5. The molecule has 8 heteroatoms. The Balaban J connectivity index is 1.59. The molecule has 1 aliphatic rings. The Kier molecular flexibility index (Phi) is 6.02. The molecule has 164 valence electrons. The van der Waals surface area contributed by atoms with Crippen LogP contribution in [-0.2, 0) is 6.42 Å². The van der Waals surface area contributed by atoms with Crippen LogP contribution in [0.5, 0.6) is 17.2 Å². The van der Waals surface area contributed by atoms with Crippen molar-refractivity contribution in [1.82, 2.24) is 9.97 Å². The third-order valence-electron chi connectivity index (χ3n) is 5.46. The number of methoxy groups -OCH3 is 3. The zero-order valence-corrected chi connectivity index (χ0v) is 18.0. The Hall–Kier alpha value is -3.94. The Morgan fingerprint density at radius 2 is 1.69 bits per heavy atom. The van der Waals surface area contributed by atoms with Gasteiger partial charge in [0.05, 0.1) is 32.6 Å². The van der Waals surface area contributed by atoms with Crippen molar-refractivity contribution in [3.63, 3.8) is 0 Å². The minimum Gasteiger partial charge on any atom is -0.493 e. The summed E-state index contributed by atoms with van der Waals surface area (Å²) in [5.74, 6) is 0.851. The summed E-state index contributed by atoms with van der Waals surface area (Å²) < 4.78 is 15.9. The van der Waals surface area contributed by atoms with Crippen molar-refractivity contribution in [1.29, 1.82) is 0 Å². The van der Waals surface area contributed by atoms with E-state index in [-0.39, 0.29) is 17.6 Å². The fraction of sp³-hybridized carbons (Fsp3) is 0.250. The standard InChI is InChI=1S/C24H23N3O5/c1-30-20-11-16(12-21(31-2)22(20)32-3)23(29)27-24-25-13-17-18(26-24)9-15(10-19(17)28)14-7-5-4-6-8-14/h4-8,11-13,15H,9-10H2,1-3H3,(H,25,26,27,29)/t15-/m0/s1. The van der Waals surface area contributed by atoms with Gasteiger partial charge in [-0.05, 0) is 30.0 Å². The van der Waals surface area contributed by atoms with E-state index in [4.69, 9.17) is 14.2 Å². The van der Waals surface area contributed by atoms with E-state index in [2.05, 4.69) is 15.3 Å². The maximum atomic E-state index is 12.9. The fourth-order valence-corrected chi connectivity index (χ4v) is 3.85. The lowest BCUT2D eigenvalue weighted by atomic mass is 9.82. The predicted octanol–water partition coefficient (Wildman–Crippen LogP) is 3.67. The van der Waals surface area contributed by atoms with E-state index in [1.165, 1.54) is 27.5 Å². The van der Waals surface area contributed by atoms with Crippen molar-refractivity contribution < 1.29 is 23.8 Å². The van der Waals surface area contributed by atoms with Crippen molar-refractivity contribution in [3.8, 4) is 17.2 Å². The summed E-state index contributed by atoms with van der Waals surface area (Å²) in [6.45, 7) is 0. The smallest absolute Gasteiger partial charge is 0.258 e. The first-order chi connectivity index (χ1) is 15.5. The number of amides is 1. The normalized spacial score (nSPS) is 15.0. The molecule has 0 unspecified atom stereocenters. The number of ether oxygens (including phenoxy) is 3. The summed E-state index contributed by atoms with van der Waals surface area (Å²) in [5, 5.41) is 2.69. The van der Waals surface area contributed by atoms with Crippen LogP contribution in [0.2, 0.25) is 0 Å². The zero-order valence-electron chi connectivity index (χ0n) is 18.0. The highest BCUT2D eigenvalue weighted by molar-refractivity contribution is 6.04. The fourth-order valence-electron chi connectivity index (χ4n) is 3.85. The molecule has 2 aromatic carbocycles. The number of hydrogen-bond acceptors (Lipinski definition) is 7. The molecule has 1 aromatic heterocycles. The number of benzene rings is 2. The lowest BCUT2D eigenvalue weighted by molar-refractivity contribution is 0.0962. The Morgan fingerprint density at radius 3 is 2.31 bits per heavy atom. The lowest BCUT2D eigenvalue weighted by Crippen LogP contribution is -2.22. The van der Waals surface area contributed by atoms with Gasteiger partial charge in [0.25, 0.3) is 5.91 Å². The quantitative estimate of drug-likeness (QED) is 0.633. The molecule has 1 atom stereocenters. The first-order valence-corrected chi connectivity index (χ1v) is 10.1. The molecule has 3 aromatic rings. The molecular weight excluding hydrogens is 410 g/mol. The summed E-state index contributed by atoms with van der Waals surface area (Å²) in [4.78, 5) is 34.1. The first-order valence-electron chi connectivity index (χ1n) is 10.1. The van der Waals surface area contributed by atoms with Crippen LogP contribution in [0.4, 0.5) is 5.95 Å². The molecule has 0 fully saturated rings. The van der Waals surface area contributed by atoms with Gasteiger partial charge in [-0.15, -0.1) is 0 Å². The number of aromatic nitrogens is 2. The van der Waals surface area contributed by atoms with Gasteiger partial charge < -0.3 is 14.2 Å². The number of anilines is 1. The SMILES string of the molecule is COc1cc(C(=O)Nc2ncc3c(n2)C[C@H](c2ccccc2)CC3=O)cc(OC)c1OC. The van der Waals surface area contributed by atoms with E-state index >= 15 is 0 Å². The third-order valence-corrected chi connectivity index (χ3v) is 5.46. The summed E-state index contributed by atoms with van der Waals surface area (Å²) >= 11 is 0. The summed E-state index contributed by atoms with van der Waals surface area (Å²) in [6, 6.07) is 13.0. The van der Waals surface area contributed by atoms with Crippen molar-refractivity contribution in [2.24, 2.45) is 0 Å². The monoisotopic (exact) mass is 433 g/mol. The van der Waals surface area contributed by atoms with Gasteiger partial charge in [-0.25, -0.2) is 9.97 Å². The minimum absolute atomic E-state index is 0.00241. The van der Waals surface area contributed by atoms with E-state index in [0.717, 1.165) is 5.56 Å². The number of hydrogen-bond donors (Lipinski definition) is 1. The summed E-state index contributed by atoms with van der Waals surface area (Å²) in [7, 11) is 4.45. The molecule has 1 amide bonds. The minimum atomic E-state index is -0.439. The van der Waals surface area contributed by atoms with Gasteiger partial charge in [-0.2, -0.15) is 0 Å². The average molecular weight is 433 g/mol. The van der Waals surface area contributed by atoms with Gasteiger partial charge in [0, 0.05) is 18.2 Å². The molecule has 8 nitrogen and oxygen atoms in total. The van der Waals surface area contributed by atoms with Gasteiger partial charge in [0.2, 0.25) is 11.7 Å².